The van der Waals surface area contributed by atoms with Gasteiger partial charge in [-0.05, 0) is 37.2 Å². The molecule has 5 N–H and O–H groups in total. The van der Waals surface area contributed by atoms with Crippen LogP contribution in [0.4, 0.5) is 0 Å². The highest BCUT2D eigenvalue weighted by molar-refractivity contribution is 7.99. The highest BCUT2D eigenvalue weighted by Crippen LogP contribution is 2.15. The van der Waals surface area contributed by atoms with Crippen molar-refractivity contribution in [3.8, 4) is 0 Å². The number of nitrogens with zero attached hydrogens (tertiary/aromatic N) is 4. The van der Waals surface area contributed by atoms with Crippen LogP contribution in [0.1, 0.15) is 232 Å². The van der Waals surface area contributed by atoms with Crippen molar-refractivity contribution in [3.05, 3.63) is 0 Å². The number of nitrogens with one attached hydrogen (secondary N) is 1. The van der Waals surface area contributed by atoms with Crippen molar-refractivity contribution in [2.24, 2.45) is 21.5 Å². The molecule has 0 bridgehead atoms. The van der Waals surface area contributed by atoms with Gasteiger partial charge in [0, 0.05) is 76.7 Å². The van der Waals surface area contributed by atoms with Crippen LogP contribution in [0.3, 0.4) is 0 Å². The minimum absolute atomic E-state index is 0.0608. The van der Waals surface area contributed by atoms with Crippen LogP contribution in [0.15, 0.2) is 9.98 Å². The first-order valence-corrected chi connectivity index (χ1v) is 31.4. The SMILES string of the molecule is CCCCCCCCCCCCCCCCOC(=O)CCSCCCC(N)=NCCNCCN1CCN(CCN=C(N)CCCSCCC(=O)OCCCCCCCCCCCCCCCC)CC1. The summed E-state index contributed by atoms with van der Waals surface area (Å²) in [5.41, 5.74) is 12.4. The number of carbonyl (C=O) groups is 2. The molecule has 1 saturated heterocycles. The van der Waals surface area contributed by atoms with Crippen LogP contribution in [-0.4, -0.2) is 135 Å². The molecule has 0 aromatic carbocycles. The van der Waals surface area contributed by atoms with Crippen molar-refractivity contribution in [2.45, 2.75) is 232 Å². The predicted octanol–water partition coefficient (Wildman–Crippen LogP) is 12.8. The number of nitrogens with two attached hydrogens (primary N) is 2. The van der Waals surface area contributed by atoms with Gasteiger partial charge in [-0.1, -0.05) is 181 Å². The summed E-state index contributed by atoms with van der Waals surface area (Å²) in [4.78, 5) is 38.4. The van der Waals surface area contributed by atoms with Crippen molar-refractivity contribution in [2.75, 3.05) is 102 Å². The van der Waals surface area contributed by atoms with Gasteiger partial charge in [0.25, 0.3) is 0 Å². The molecule has 0 unspecified atom stereocenters. The lowest BCUT2D eigenvalue weighted by molar-refractivity contribution is -0.144. The van der Waals surface area contributed by atoms with Crippen LogP contribution < -0.4 is 16.8 Å². The first-order chi connectivity index (χ1) is 33.9. The van der Waals surface area contributed by atoms with Gasteiger partial charge in [0.1, 0.15) is 0 Å². The van der Waals surface area contributed by atoms with E-state index >= 15 is 0 Å². The van der Waals surface area contributed by atoms with Gasteiger partial charge in [0.2, 0.25) is 0 Å². The minimum Gasteiger partial charge on any atom is -0.466 e. The first-order valence-electron chi connectivity index (χ1n) is 29.1. The van der Waals surface area contributed by atoms with E-state index in [1.807, 2.05) is 0 Å². The summed E-state index contributed by atoms with van der Waals surface area (Å²) in [5.74, 6) is 4.93. The van der Waals surface area contributed by atoms with E-state index in [0.29, 0.717) is 32.6 Å². The molecule has 1 fully saturated rings. The van der Waals surface area contributed by atoms with Crippen molar-refractivity contribution < 1.29 is 19.1 Å². The molecule has 1 rings (SSSR count). The molecule has 13 heteroatoms. The van der Waals surface area contributed by atoms with E-state index in [2.05, 4.69) is 38.9 Å². The van der Waals surface area contributed by atoms with Crippen LogP contribution in [-0.2, 0) is 19.1 Å². The standard InChI is InChI=1S/C56H111N7O4S2/c1-3-5-7-9-11-13-15-17-19-21-23-25-27-29-47-66-55(64)35-51-68-49-31-33-53(57)60-38-37-59-39-41-62-43-45-63(46-44-62)42-40-61-54(58)34-32-50-69-52-36-56(65)67-48-30-28-26-24-22-20-18-16-14-12-10-8-6-4-2/h59H,3-52H2,1-2H3,(H2,57,60)(H2,58,61). The zero-order valence-corrected chi connectivity index (χ0v) is 46.9. The van der Waals surface area contributed by atoms with Crippen LogP contribution >= 0.6 is 23.5 Å². The molecule has 0 spiro atoms. The molecule has 69 heavy (non-hydrogen) atoms. The maximum absolute atomic E-state index is 12.1. The number of esters is 2. The molecular formula is C56H111N7O4S2. The van der Waals surface area contributed by atoms with Gasteiger partial charge in [0.05, 0.1) is 50.8 Å². The van der Waals surface area contributed by atoms with Gasteiger partial charge in [-0.3, -0.25) is 29.4 Å². The van der Waals surface area contributed by atoms with E-state index in [0.717, 1.165) is 145 Å². The Morgan fingerprint density at radius 3 is 1.17 bits per heavy atom. The fourth-order valence-corrected chi connectivity index (χ4v) is 10.4. The lowest BCUT2D eigenvalue weighted by atomic mass is 10.0. The molecule has 1 aliphatic rings. The smallest absolute Gasteiger partial charge is 0.306 e. The van der Waals surface area contributed by atoms with Gasteiger partial charge < -0.3 is 26.3 Å². The van der Waals surface area contributed by atoms with E-state index in [-0.39, 0.29) is 11.9 Å². The topological polar surface area (TPSA) is 148 Å². The van der Waals surface area contributed by atoms with E-state index in [9.17, 15) is 9.59 Å². The number of ether oxygens (including phenoxy) is 2. The maximum Gasteiger partial charge on any atom is 0.306 e. The summed E-state index contributed by atoms with van der Waals surface area (Å²) in [5, 5.41) is 3.52. The molecule has 406 valence electrons. The highest BCUT2D eigenvalue weighted by Gasteiger charge is 2.16. The van der Waals surface area contributed by atoms with Gasteiger partial charge in [-0.15, -0.1) is 0 Å². The molecule has 0 aromatic rings. The molecule has 0 aliphatic carbocycles. The summed E-state index contributed by atoms with van der Waals surface area (Å²) in [6.07, 6.45) is 41.9. The molecule has 1 aliphatic heterocycles. The first kappa shape index (κ1) is 65.5. The van der Waals surface area contributed by atoms with E-state index in [1.165, 1.54) is 154 Å². The van der Waals surface area contributed by atoms with Crippen LogP contribution in [0.25, 0.3) is 0 Å². The molecule has 11 nitrogen and oxygen atoms in total. The summed E-state index contributed by atoms with van der Waals surface area (Å²) >= 11 is 3.60. The summed E-state index contributed by atoms with van der Waals surface area (Å²) in [7, 11) is 0. The largest absolute Gasteiger partial charge is 0.466 e. The third kappa shape index (κ3) is 48.5. The van der Waals surface area contributed by atoms with Crippen molar-refractivity contribution in [1.29, 1.82) is 0 Å². The Kier molecular flexibility index (Phi) is 50.1. The van der Waals surface area contributed by atoms with Crippen molar-refractivity contribution >= 4 is 47.1 Å². The van der Waals surface area contributed by atoms with Gasteiger partial charge in [0.15, 0.2) is 0 Å². The maximum atomic E-state index is 12.1. The zero-order valence-electron chi connectivity index (χ0n) is 45.2. The molecule has 1 heterocycles. The molecule has 0 radical (unpaired) electrons. The van der Waals surface area contributed by atoms with Gasteiger partial charge >= 0.3 is 11.9 Å². The second kappa shape index (κ2) is 52.8. The third-order valence-electron chi connectivity index (χ3n) is 13.3. The number of carbonyl (C=O) groups excluding carboxylic acids is 2. The molecular weight excluding hydrogens is 899 g/mol. The number of thioether (sulfide) groups is 2. The Morgan fingerprint density at radius 1 is 0.435 bits per heavy atom. The molecule has 0 aromatic heterocycles. The monoisotopic (exact) mass is 1010 g/mol. The number of rotatable bonds is 53. The highest BCUT2D eigenvalue weighted by atomic mass is 32.2. The summed E-state index contributed by atoms with van der Waals surface area (Å²) in [6, 6.07) is 0. The number of piperazine rings is 1. The average molecular weight is 1010 g/mol. The second-order valence-electron chi connectivity index (χ2n) is 19.7. The lowest BCUT2D eigenvalue weighted by Gasteiger charge is -2.34. The Balaban J connectivity index is 1.85. The number of unbranched alkanes of at least 4 members (excludes halogenated alkanes) is 26. The predicted molar refractivity (Wildman–Crippen MR) is 304 cm³/mol. The van der Waals surface area contributed by atoms with E-state index in [4.69, 9.17) is 20.9 Å². The van der Waals surface area contributed by atoms with Crippen LogP contribution in [0, 0.1) is 0 Å². The average Bonchev–Trinajstić information content (AvgIpc) is 3.35. The summed E-state index contributed by atoms with van der Waals surface area (Å²) < 4.78 is 10.9. The van der Waals surface area contributed by atoms with E-state index < -0.39 is 0 Å². The number of amidine groups is 2. The molecule has 0 amide bonds. The molecule has 0 atom stereocenters. The van der Waals surface area contributed by atoms with Gasteiger partial charge in [-0.2, -0.15) is 23.5 Å². The second-order valence-corrected chi connectivity index (χ2v) is 22.2. The Morgan fingerprint density at radius 2 is 0.783 bits per heavy atom. The van der Waals surface area contributed by atoms with E-state index in [1.54, 1.807) is 23.5 Å². The lowest BCUT2D eigenvalue weighted by Crippen LogP contribution is -2.48. The summed E-state index contributed by atoms with van der Waals surface area (Å²) in [6.45, 7) is 15.2. The van der Waals surface area contributed by atoms with Crippen LogP contribution in [0.5, 0.6) is 0 Å². The Bertz CT molecular complexity index is 1190. The molecule has 0 saturated carbocycles. The Labute approximate surface area is 434 Å². The third-order valence-corrected chi connectivity index (χ3v) is 15.4. The number of hydrogen-bond acceptors (Lipinski definition) is 11. The number of hydrogen-bond donors (Lipinski definition) is 3. The van der Waals surface area contributed by atoms with Crippen molar-refractivity contribution in [1.82, 2.24) is 15.1 Å². The fraction of sp³-hybridized carbons (Fsp3) is 0.929. The zero-order chi connectivity index (χ0) is 49.8. The number of aliphatic imine (C=N–C) groups is 2. The Hall–Kier alpha value is -1.54. The van der Waals surface area contributed by atoms with Crippen LogP contribution in [0.2, 0.25) is 0 Å². The normalized spacial score (nSPS) is 13.9. The fourth-order valence-electron chi connectivity index (χ4n) is 8.71. The minimum atomic E-state index is -0.0633. The quantitative estimate of drug-likeness (QED) is 0.0231. The van der Waals surface area contributed by atoms with Gasteiger partial charge in [-0.25, -0.2) is 0 Å². The van der Waals surface area contributed by atoms with Crippen molar-refractivity contribution in [3.63, 3.8) is 0 Å².